The van der Waals surface area contributed by atoms with Crippen molar-refractivity contribution in [2.24, 2.45) is 4.99 Å². The molecule has 0 atom stereocenters. The Kier molecular flexibility index (Phi) is 4.66. The first kappa shape index (κ1) is 17.6. The molecule has 126 valence electrons. The smallest absolute Gasteiger partial charge is 0.420 e. The van der Waals surface area contributed by atoms with Crippen LogP contribution in [-0.4, -0.2) is 6.08 Å². The standard InChI is InChI=1S/C15H7F6NO2/c16-14(17,18)9-2-1-3-11(6-9)24-13-5-4-10(22-8-23)7-12(13)15(19,20)21/h1-7H. The second kappa shape index (κ2) is 6.37. The van der Waals surface area contributed by atoms with Gasteiger partial charge in [0.15, 0.2) is 0 Å². The van der Waals surface area contributed by atoms with Gasteiger partial charge < -0.3 is 4.74 Å². The Morgan fingerprint density at radius 1 is 0.917 bits per heavy atom. The van der Waals surface area contributed by atoms with Crippen LogP contribution in [0.4, 0.5) is 32.0 Å². The van der Waals surface area contributed by atoms with Crippen LogP contribution in [0.5, 0.6) is 11.5 Å². The van der Waals surface area contributed by atoms with E-state index in [0.717, 1.165) is 36.4 Å². The Bertz CT molecular complexity index is 791. The molecule has 0 aromatic heterocycles. The molecule has 0 saturated heterocycles. The molecule has 2 rings (SSSR count). The number of rotatable bonds is 3. The Morgan fingerprint density at radius 3 is 2.21 bits per heavy atom. The first-order valence-electron chi connectivity index (χ1n) is 6.25. The Morgan fingerprint density at radius 2 is 1.62 bits per heavy atom. The Balaban J connectivity index is 2.44. The van der Waals surface area contributed by atoms with Crippen LogP contribution in [0, 0.1) is 0 Å². The van der Waals surface area contributed by atoms with Crippen molar-refractivity contribution < 1.29 is 35.9 Å². The maximum absolute atomic E-state index is 13.0. The number of hydrogen-bond donors (Lipinski definition) is 0. The second-order valence-corrected chi connectivity index (χ2v) is 4.51. The van der Waals surface area contributed by atoms with E-state index in [9.17, 15) is 31.1 Å². The highest BCUT2D eigenvalue weighted by Crippen LogP contribution is 2.41. The highest BCUT2D eigenvalue weighted by Gasteiger charge is 2.35. The molecule has 0 N–H and O–H groups in total. The molecule has 9 heteroatoms. The van der Waals surface area contributed by atoms with E-state index >= 15 is 0 Å². The first-order valence-corrected chi connectivity index (χ1v) is 6.25. The lowest BCUT2D eigenvalue weighted by atomic mass is 10.1. The largest absolute Gasteiger partial charge is 0.457 e. The van der Waals surface area contributed by atoms with E-state index in [1.165, 1.54) is 0 Å². The minimum Gasteiger partial charge on any atom is -0.457 e. The number of isocyanates is 1. The van der Waals surface area contributed by atoms with Gasteiger partial charge in [-0.15, -0.1) is 0 Å². The molecule has 0 bridgehead atoms. The van der Waals surface area contributed by atoms with Gasteiger partial charge in [-0.25, -0.2) is 4.79 Å². The van der Waals surface area contributed by atoms with Crippen LogP contribution >= 0.6 is 0 Å². The van der Waals surface area contributed by atoms with Crippen molar-refractivity contribution in [3.8, 4) is 11.5 Å². The molecule has 0 aliphatic rings. The van der Waals surface area contributed by atoms with E-state index < -0.39 is 35.0 Å². The molecule has 0 amide bonds. The van der Waals surface area contributed by atoms with Crippen LogP contribution in [0.15, 0.2) is 47.5 Å². The number of alkyl halides is 6. The van der Waals surface area contributed by atoms with Crippen LogP contribution < -0.4 is 4.74 Å². The zero-order valence-corrected chi connectivity index (χ0v) is 11.6. The molecule has 0 fully saturated rings. The van der Waals surface area contributed by atoms with Crippen molar-refractivity contribution in [2.75, 3.05) is 0 Å². The fraction of sp³-hybridized carbons (Fsp3) is 0.133. The third kappa shape index (κ3) is 4.14. The molecule has 0 saturated carbocycles. The Hall–Kier alpha value is -2.80. The second-order valence-electron chi connectivity index (χ2n) is 4.51. The molecule has 2 aromatic carbocycles. The van der Waals surface area contributed by atoms with Crippen molar-refractivity contribution in [1.82, 2.24) is 0 Å². The quantitative estimate of drug-likeness (QED) is 0.419. The van der Waals surface area contributed by atoms with E-state index in [-0.39, 0.29) is 5.69 Å². The van der Waals surface area contributed by atoms with Crippen LogP contribution in [0.3, 0.4) is 0 Å². The summed E-state index contributed by atoms with van der Waals surface area (Å²) in [5.41, 5.74) is -2.65. The minimum atomic E-state index is -4.86. The molecule has 0 heterocycles. The molecular formula is C15H7F6NO2. The zero-order valence-electron chi connectivity index (χ0n) is 11.6. The molecule has 3 nitrogen and oxygen atoms in total. The SMILES string of the molecule is O=C=Nc1ccc(Oc2cccc(C(F)(F)F)c2)c(C(F)(F)F)c1. The van der Waals surface area contributed by atoms with Gasteiger partial charge in [0, 0.05) is 0 Å². The summed E-state index contributed by atoms with van der Waals surface area (Å²) in [4.78, 5) is 13.2. The molecule has 0 spiro atoms. The van der Waals surface area contributed by atoms with Gasteiger partial charge in [0.2, 0.25) is 6.08 Å². The summed E-state index contributed by atoms with van der Waals surface area (Å²) in [5.74, 6) is -1.13. The van der Waals surface area contributed by atoms with Crippen molar-refractivity contribution in [1.29, 1.82) is 0 Å². The van der Waals surface area contributed by atoms with Gasteiger partial charge in [-0.2, -0.15) is 31.3 Å². The number of benzene rings is 2. The molecule has 0 aliphatic heterocycles. The lowest BCUT2D eigenvalue weighted by Crippen LogP contribution is -2.07. The third-order valence-electron chi connectivity index (χ3n) is 2.83. The number of halogens is 6. The van der Waals surface area contributed by atoms with E-state index in [1.807, 2.05) is 0 Å². The average Bonchev–Trinajstić information content (AvgIpc) is 2.47. The highest BCUT2D eigenvalue weighted by molar-refractivity contribution is 5.54. The number of nitrogens with zero attached hydrogens (tertiary/aromatic N) is 1. The van der Waals surface area contributed by atoms with Crippen molar-refractivity contribution in [2.45, 2.75) is 12.4 Å². The summed E-state index contributed by atoms with van der Waals surface area (Å²) < 4.78 is 81.9. The van der Waals surface area contributed by atoms with Gasteiger partial charge in [-0.1, -0.05) is 6.07 Å². The van der Waals surface area contributed by atoms with Crippen molar-refractivity contribution in [3.05, 3.63) is 53.6 Å². The van der Waals surface area contributed by atoms with Gasteiger partial charge in [-0.05, 0) is 36.4 Å². The number of aliphatic imine (C=N–C) groups is 1. The minimum absolute atomic E-state index is 0.311. The van der Waals surface area contributed by atoms with E-state index in [4.69, 9.17) is 4.74 Å². The average molecular weight is 347 g/mol. The number of ether oxygens (including phenoxy) is 1. The summed E-state index contributed by atoms with van der Waals surface area (Å²) in [6.07, 6.45) is -8.42. The van der Waals surface area contributed by atoms with Gasteiger partial charge in [0.05, 0.1) is 11.3 Å². The maximum atomic E-state index is 13.0. The molecule has 0 radical (unpaired) electrons. The van der Waals surface area contributed by atoms with Crippen LogP contribution in [0.2, 0.25) is 0 Å². The normalized spacial score (nSPS) is 11.8. The fourth-order valence-electron chi connectivity index (χ4n) is 1.81. The molecule has 2 aromatic rings. The van der Waals surface area contributed by atoms with Crippen LogP contribution in [0.25, 0.3) is 0 Å². The predicted molar refractivity (Wildman–Crippen MR) is 70.7 cm³/mol. The monoisotopic (exact) mass is 347 g/mol. The van der Waals surface area contributed by atoms with Crippen LogP contribution in [0.1, 0.15) is 11.1 Å². The lowest BCUT2D eigenvalue weighted by molar-refractivity contribution is -0.139. The molecular weight excluding hydrogens is 340 g/mol. The maximum Gasteiger partial charge on any atom is 0.420 e. The highest BCUT2D eigenvalue weighted by atomic mass is 19.4. The van der Waals surface area contributed by atoms with Gasteiger partial charge in [-0.3, -0.25) is 0 Å². The summed E-state index contributed by atoms with van der Waals surface area (Å²) >= 11 is 0. The predicted octanol–water partition coefficient (Wildman–Crippen LogP) is 5.48. The Labute approximate surface area is 131 Å². The lowest BCUT2D eigenvalue weighted by Gasteiger charge is -2.15. The summed E-state index contributed by atoms with van der Waals surface area (Å²) in [6.45, 7) is 0. The van der Waals surface area contributed by atoms with E-state index in [2.05, 4.69) is 4.99 Å². The van der Waals surface area contributed by atoms with Gasteiger partial charge in [0.25, 0.3) is 0 Å². The summed E-state index contributed by atoms with van der Waals surface area (Å²) in [6, 6.07) is 5.89. The van der Waals surface area contributed by atoms with Gasteiger partial charge in [0.1, 0.15) is 17.1 Å². The van der Waals surface area contributed by atoms with Crippen molar-refractivity contribution >= 4 is 11.8 Å². The topological polar surface area (TPSA) is 38.7 Å². The van der Waals surface area contributed by atoms with Gasteiger partial charge >= 0.3 is 12.4 Å². The number of carbonyl (C=O) groups excluding carboxylic acids is 1. The van der Waals surface area contributed by atoms with Crippen molar-refractivity contribution in [3.63, 3.8) is 0 Å². The van der Waals surface area contributed by atoms with E-state index in [0.29, 0.717) is 12.1 Å². The summed E-state index contributed by atoms with van der Waals surface area (Å²) in [5, 5.41) is 0. The fourth-order valence-corrected chi connectivity index (χ4v) is 1.81. The third-order valence-corrected chi connectivity index (χ3v) is 2.83. The van der Waals surface area contributed by atoms with E-state index in [1.54, 1.807) is 0 Å². The summed E-state index contributed by atoms with van der Waals surface area (Å²) in [7, 11) is 0. The molecule has 24 heavy (non-hydrogen) atoms. The van der Waals surface area contributed by atoms with Crippen LogP contribution in [-0.2, 0) is 17.1 Å². The first-order chi connectivity index (χ1) is 11.1. The number of hydrogen-bond acceptors (Lipinski definition) is 3. The molecule has 0 unspecified atom stereocenters. The molecule has 0 aliphatic carbocycles. The zero-order chi connectivity index (χ0) is 18.0.